The lowest BCUT2D eigenvalue weighted by atomic mass is 10.1. The molecule has 3 nitrogen and oxygen atoms in total. The summed E-state index contributed by atoms with van der Waals surface area (Å²) in [5.41, 5.74) is 3.87. The maximum atomic E-state index is 9.25. The van der Waals surface area contributed by atoms with Gasteiger partial charge in [-0.3, -0.25) is 0 Å². The van der Waals surface area contributed by atoms with Crippen molar-refractivity contribution in [3.8, 4) is 6.07 Å². The monoisotopic (exact) mass is 313 g/mol. The molecule has 0 bridgehead atoms. The number of para-hydroxylation sites is 1. The van der Waals surface area contributed by atoms with Crippen LogP contribution < -0.4 is 10.2 Å². The summed E-state index contributed by atoms with van der Waals surface area (Å²) >= 11 is 3.51. The standard InChI is InChI=1S/C15H12BrN3/c16-12-5-6-13-15(9-12)19(8-7-18-13)14-4-2-1-3-11(14)10-17/h1-6,9,18H,7-8H2. The molecule has 0 saturated carbocycles. The van der Waals surface area contributed by atoms with E-state index in [-0.39, 0.29) is 0 Å². The normalized spacial score (nSPS) is 13.4. The van der Waals surface area contributed by atoms with Crippen LogP contribution in [0.4, 0.5) is 17.1 Å². The van der Waals surface area contributed by atoms with Crippen LogP contribution in [0.1, 0.15) is 5.56 Å². The van der Waals surface area contributed by atoms with Crippen LogP contribution in [0.15, 0.2) is 46.9 Å². The molecule has 1 aliphatic heterocycles. The van der Waals surface area contributed by atoms with Crippen molar-refractivity contribution in [3.05, 3.63) is 52.5 Å². The number of fused-ring (bicyclic) bond motifs is 1. The minimum atomic E-state index is 0.704. The highest BCUT2D eigenvalue weighted by Crippen LogP contribution is 2.37. The fraction of sp³-hybridized carbons (Fsp3) is 0.133. The molecule has 0 spiro atoms. The Morgan fingerprint density at radius 2 is 2.00 bits per heavy atom. The average Bonchev–Trinajstić information content (AvgIpc) is 2.46. The molecule has 1 heterocycles. The van der Waals surface area contributed by atoms with E-state index in [1.807, 2.05) is 30.3 Å². The third kappa shape index (κ3) is 2.18. The Bertz CT molecular complexity index is 661. The predicted molar refractivity (Wildman–Crippen MR) is 80.8 cm³/mol. The second-order valence-electron chi connectivity index (χ2n) is 4.37. The van der Waals surface area contributed by atoms with E-state index >= 15 is 0 Å². The quantitative estimate of drug-likeness (QED) is 0.868. The summed E-state index contributed by atoms with van der Waals surface area (Å²) in [5.74, 6) is 0. The number of hydrogen-bond acceptors (Lipinski definition) is 3. The number of hydrogen-bond donors (Lipinski definition) is 1. The zero-order valence-corrected chi connectivity index (χ0v) is 11.8. The van der Waals surface area contributed by atoms with Gasteiger partial charge in [-0.15, -0.1) is 0 Å². The van der Waals surface area contributed by atoms with E-state index in [4.69, 9.17) is 0 Å². The van der Waals surface area contributed by atoms with Crippen molar-refractivity contribution in [2.45, 2.75) is 0 Å². The van der Waals surface area contributed by atoms with E-state index in [1.54, 1.807) is 0 Å². The first-order chi connectivity index (χ1) is 9.29. The maximum absolute atomic E-state index is 9.25. The lowest BCUT2D eigenvalue weighted by molar-refractivity contribution is 0.924. The Balaban J connectivity index is 2.14. The van der Waals surface area contributed by atoms with Gasteiger partial charge < -0.3 is 10.2 Å². The molecule has 0 atom stereocenters. The molecule has 0 fully saturated rings. The van der Waals surface area contributed by atoms with Gasteiger partial charge in [-0.25, -0.2) is 0 Å². The second kappa shape index (κ2) is 4.94. The molecule has 1 N–H and O–H groups in total. The first kappa shape index (κ1) is 12.1. The predicted octanol–water partition coefficient (Wildman–Crippen LogP) is 3.88. The Hall–Kier alpha value is -1.99. The molecule has 4 heteroatoms. The molecule has 2 aromatic rings. The minimum Gasteiger partial charge on any atom is -0.382 e. The van der Waals surface area contributed by atoms with Crippen LogP contribution in [0.3, 0.4) is 0 Å². The second-order valence-corrected chi connectivity index (χ2v) is 5.28. The van der Waals surface area contributed by atoms with E-state index in [2.05, 4.69) is 44.3 Å². The fourth-order valence-corrected chi connectivity index (χ4v) is 2.70. The van der Waals surface area contributed by atoms with Crippen LogP contribution in [0, 0.1) is 11.3 Å². The van der Waals surface area contributed by atoms with Crippen molar-refractivity contribution in [3.63, 3.8) is 0 Å². The highest BCUT2D eigenvalue weighted by molar-refractivity contribution is 9.10. The van der Waals surface area contributed by atoms with Crippen molar-refractivity contribution < 1.29 is 0 Å². The highest BCUT2D eigenvalue weighted by Gasteiger charge is 2.20. The van der Waals surface area contributed by atoms with Crippen molar-refractivity contribution in [2.75, 3.05) is 23.3 Å². The first-order valence-corrected chi connectivity index (χ1v) is 6.89. The lowest BCUT2D eigenvalue weighted by Crippen LogP contribution is -2.30. The number of nitriles is 1. The number of benzene rings is 2. The van der Waals surface area contributed by atoms with Gasteiger partial charge in [-0.2, -0.15) is 5.26 Å². The van der Waals surface area contributed by atoms with Crippen LogP contribution in [-0.4, -0.2) is 13.1 Å². The third-order valence-corrected chi connectivity index (χ3v) is 3.71. The Labute approximate surface area is 120 Å². The highest BCUT2D eigenvalue weighted by atomic mass is 79.9. The molecule has 0 saturated heterocycles. The van der Waals surface area contributed by atoms with Gasteiger partial charge >= 0.3 is 0 Å². The van der Waals surface area contributed by atoms with Crippen molar-refractivity contribution in [1.82, 2.24) is 0 Å². The number of nitrogens with zero attached hydrogens (tertiary/aromatic N) is 2. The third-order valence-electron chi connectivity index (χ3n) is 3.22. The molecule has 3 rings (SSSR count). The molecular formula is C15H12BrN3. The van der Waals surface area contributed by atoms with Gasteiger partial charge in [0.2, 0.25) is 0 Å². The molecule has 1 aliphatic rings. The SMILES string of the molecule is N#Cc1ccccc1N1CCNc2ccc(Br)cc21. The molecule has 19 heavy (non-hydrogen) atoms. The van der Waals surface area contributed by atoms with Crippen LogP contribution in [0.2, 0.25) is 0 Å². The molecule has 94 valence electrons. The van der Waals surface area contributed by atoms with Crippen LogP contribution in [0.25, 0.3) is 0 Å². The van der Waals surface area contributed by atoms with Crippen LogP contribution in [0.5, 0.6) is 0 Å². The van der Waals surface area contributed by atoms with Gasteiger partial charge in [0.1, 0.15) is 6.07 Å². The first-order valence-electron chi connectivity index (χ1n) is 6.09. The van der Waals surface area contributed by atoms with Gasteiger partial charge in [0.25, 0.3) is 0 Å². The summed E-state index contributed by atoms with van der Waals surface area (Å²) in [6.07, 6.45) is 0. The van der Waals surface area contributed by atoms with Gasteiger partial charge in [0, 0.05) is 17.6 Å². The molecule has 0 amide bonds. The van der Waals surface area contributed by atoms with Gasteiger partial charge in [-0.1, -0.05) is 28.1 Å². The summed E-state index contributed by atoms with van der Waals surface area (Å²) in [7, 11) is 0. The van der Waals surface area contributed by atoms with Gasteiger partial charge in [0.05, 0.1) is 22.6 Å². The summed E-state index contributed by atoms with van der Waals surface area (Å²) < 4.78 is 1.04. The molecule has 2 aromatic carbocycles. The lowest BCUT2D eigenvalue weighted by Gasteiger charge is -2.32. The van der Waals surface area contributed by atoms with Crippen molar-refractivity contribution in [2.24, 2.45) is 0 Å². The largest absolute Gasteiger partial charge is 0.382 e. The summed E-state index contributed by atoms with van der Waals surface area (Å²) in [6.45, 7) is 1.72. The fourth-order valence-electron chi connectivity index (χ4n) is 2.35. The zero-order chi connectivity index (χ0) is 13.2. The van der Waals surface area contributed by atoms with E-state index in [0.29, 0.717) is 5.56 Å². The van der Waals surface area contributed by atoms with E-state index in [9.17, 15) is 5.26 Å². The molecule has 0 aromatic heterocycles. The molecular weight excluding hydrogens is 302 g/mol. The van der Waals surface area contributed by atoms with Crippen LogP contribution in [-0.2, 0) is 0 Å². The topological polar surface area (TPSA) is 39.1 Å². The van der Waals surface area contributed by atoms with Gasteiger partial charge in [0.15, 0.2) is 0 Å². The van der Waals surface area contributed by atoms with E-state index in [1.165, 1.54) is 0 Å². The average molecular weight is 314 g/mol. The number of halogens is 1. The Kier molecular flexibility index (Phi) is 3.14. The van der Waals surface area contributed by atoms with E-state index in [0.717, 1.165) is 34.6 Å². The number of nitrogens with one attached hydrogen (secondary N) is 1. The molecule has 0 radical (unpaired) electrons. The van der Waals surface area contributed by atoms with E-state index < -0.39 is 0 Å². The summed E-state index contributed by atoms with van der Waals surface area (Å²) in [5, 5.41) is 12.6. The zero-order valence-electron chi connectivity index (χ0n) is 10.2. The Morgan fingerprint density at radius 1 is 1.16 bits per heavy atom. The minimum absolute atomic E-state index is 0.704. The van der Waals surface area contributed by atoms with Gasteiger partial charge in [-0.05, 0) is 30.3 Å². The molecule has 0 aliphatic carbocycles. The van der Waals surface area contributed by atoms with Crippen LogP contribution >= 0.6 is 15.9 Å². The Morgan fingerprint density at radius 3 is 2.84 bits per heavy atom. The number of rotatable bonds is 1. The van der Waals surface area contributed by atoms with Crippen molar-refractivity contribution >= 4 is 33.0 Å². The summed E-state index contributed by atoms with van der Waals surface area (Å²) in [4.78, 5) is 2.19. The summed E-state index contributed by atoms with van der Waals surface area (Å²) in [6, 6.07) is 16.1. The smallest absolute Gasteiger partial charge is 0.101 e. The van der Waals surface area contributed by atoms with Crippen molar-refractivity contribution in [1.29, 1.82) is 5.26 Å². The number of anilines is 3. The maximum Gasteiger partial charge on any atom is 0.101 e. The molecule has 0 unspecified atom stereocenters.